The molecule has 1 atom stereocenters. The Balaban J connectivity index is 1.67. The zero-order valence-corrected chi connectivity index (χ0v) is 12.5. The van der Waals surface area contributed by atoms with Crippen molar-refractivity contribution in [2.75, 3.05) is 0 Å². The van der Waals surface area contributed by atoms with E-state index in [1.54, 1.807) is 0 Å². The van der Waals surface area contributed by atoms with Crippen LogP contribution in [0.4, 0.5) is 0 Å². The van der Waals surface area contributed by atoms with Gasteiger partial charge in [-0.25, -0.2) is 4.98 Å². The van der Waals surface area contributed by atoms with E-state index in [9.17, 15) is 0 Å². The molecule has 0 amide bonds. The number of hydrogen-bond acceptors (Lipinski definition) is 3. The van der Waals surface area contributed by atoms with Crippen LogP contribution in [0.1, 0.15) is 22.3 Å². The SMILES string of the molecule is c1ccc([C@H]2Cn3ccnc3CN2Cc2cccs2)cc1. The van der Waals surface area contributed by atoms with E-state index in [-0.39, 0.29) is 0 Å². The molecule has 3 aromatic rings. The van der Waals surface area contributed by atoms with Crippen molar-refractivity contribution in [2.45, 2.75) is 25.7 Å². The molecular weight excluding hydrogens is 278 g/mol. The number of fused-ring (bicyclic) bond motifs is 1. The number of rotatable bonds is 3. The largest absolute Gasteiger partial charge is 0.332 e. The molecule has 106 valence electrons. The predicted octanol–water partition coefficient (Wildman–Crippen LogP) is 3.70. The van der Waals surface area contributed by atoms with Crippen LogP contribution in [0.2, 0.25) is 0 Å². The van der Waals surface area contributed by atoms with E-state index in [4.69, 9.17) is 0 Å². The fourth-order valence-corrected chi connectivity index (χ4v) is 3.74. The third kappa shape index (κ3) is 2.52. The van der Waals surface area contributed by atoms with Gasteiger partial charge < -0.3 is 4.57 Å². The summed E-state index contributed by atoms with van der Waals surface area (Å²) in [5.41, 5.74) is 1.38. The molecule has 1 aliphatic heterocycles. The smallest absolute Gasteiger partial charge is 0.122 e. The lowest BCUT2D eigenvalue weighted by atomic mass is 10.0. The second-order valence-corrected chi connectivity index (χ2v) is 6.44. The zero-order valence-electron chi connectivity index (χ0n) is 11.7. The number of benzene rings is 1. The van der Waals surface area contributed by atoms with Gasteiger partial charge in [-0.1, -0.05) is 36.4 Å². The van der Waals surface area contributed by atoms with E-state index in [1.165, 1.54) is 16.3 Å². The Hall–Kier alpha value is -1.91. The van der Waals surface area contributed by atoms with Gasteiger partial charge in [-0.15, -0.1) is 11.3 Å². The number of nitrogens with zero attached hydrogens (tertiary/aromatic N) is 3. The Kier molecular flexibility index (Phi) is 3.33. The normalized spacial score (nSPS) is 18.6. The first-order valence-electron chi connectivity index (χ1n) is 7.21. The van der Waals surface area contributed by atoms with Gasteiger partial charge in [0.1, 0.15) is 5.82 Å². The third-order valence-electron chi connectivity index (χ3n) is 4.08. The lowest BCUT2D eigenvalue weighted by molar-refractivity contribution is 0.129. The molecule has 0 saturated carbocycles. The van der Waals surface area contributed by atoms with Crippen LogP contribution in [0.5, 0.6) is 0 Å². The van der Waals surface area contributed by atoms with Crippen molar-refractivity contribution in [3.05, 3.63) is 76.5 Å². The standard InChI is InChI=1S/C17H17N3S/c1-2-5-14(6-3-1)16-12-19-9-8-18-17(19)13-20(16)11-15-7-4-10-21-15/h1-10,16H,11-13H2/t16-/m1/s1. The monoisotopic (exact) mass is 295 g/mol. The van der Waals surface area contributed by atoms with Crippen molar-refractivity contribution in [3.63, 3.8) is 0 Å². The average molecular weight is 295 g/mol. The summed E-state index contributed by atoms with van der Waals surface area (Å²) in [4.78, 5) is 8.43. The van der Waals surface area contributed by atoms with Crippen LogP contribution in [0.25, 0.3) is 0 Å². The van der Waals surface area contributed by atoms with E-state index in [1.807, 2.05) is 17.5 Å². The molecule has 2 aromatic heterocycles. The van der Waals surface area contributed by atoms with Crippen LogP contribution >= 0.6 is 11.3 Å². The van der Waals surface area contributed by atoms with Crippen molar-refractivity contribution >= 4 is 11.3 Å². The molecule has 0 radical (unpaired) electrons. The molecule has 4 heteroatoms. The highest BCUT2D eigenvalue weighted by atomic mass is 32.1. The molecular formula is C17H17N3S. The fraction of sp³-hybridized carbons (Fsp3) is 0.235. The third-order valence-corrected chi connectivity index (χ3v) is 4.94. The fourth-order valence-electron chi connectivity index (χ4n) is 3.01. The number of imidazole rings is 1. The summed E-state index contributed by atoms with van der Waals surface area (Å²) in [6.45, 7) is 2.87. The maximum absolute atomic E-state index is 4.49. The van der Waals surface area contributed by atoms with Crippen LogP contribution in [0, 0.1) is 0 Å². The molecule has 0 unspecified atom stereocenters. The summed E-state index contributed by atoms with van der Waals surface area (Å²) in [7, 11) is 0. The lowest BCUT2D eigenvalue weighted by Crippen LogP contribution is -2.36. The minimum atomic E-state index is 0.412. The van der Waals surface area contributed by atoms with Gasteiger partial charge in [-0.3, -0.25) is 4.90 Å². The van der Waals surface area contributed by atoms with Crippen molar-refractivity contribution in [1.82, 2.24) is 14.5 Å². The minimum absolute atomic E-state index is 0.412. The summed E-state index contributed by atoms with van der Waals surface area (Å²) in [6.07, 6.45) is 4.00. The first kappa shape index (κ1) is 12.8. The molecule has 0 bridgehead atoms. The van der Waals surface area contributed by atoms with Crippen molar-refractivity contribution in [3.8, 4) is 0 Å². The average Bonchev–Trinajstić information content (AvgIpc) is 3.18. The molecule has 1 aromatic carbocycles. The van der Waals surface area contributed by atoms with Gasteiger partial charge in [0.25, 0.3) is 0 Å². The second-order valence-electron chi connectivity index (χ2n) is 5.41. The molecule has 1 aliphatic rings. The van der Waals surface area contributed by atoms with Crippen LogP contribution in [0.15, 0.2) is 60.2 Å². The van der Waals surface area contributed by atoms with E-state index in [0.717, 1.165) is 19.6 Å². The van der Waals surface area contributed by atoms with Crippen LogP contribution in [0.3, 0.4) is 0 Å². The lowest BCUT2D eigenvalue weighted by Gasteiger charge is -2.36. The Morgan fingerprint density at radius 2 is 2.05 bits per heavy atom. The van der Waals surface area contributed by atoms with E-state index in [0.29, 0.717) is 6.04 Å². The maximum atomic E-state index is 4.49. The number of aromatic nitrogens is 2. The second kappa shape index (κ2) is 5.47. The number of hydrogen-bond donors (Lipinski definition) is 0. The summed E-state index contributed by atoms with van der Waals surface area (Å²) in [5, 5.41) is 2.15. The number of thiophene rings is 1. The highest BCUT2D eigenvalue weighted by molar-refractivity contribution is 7.09. The molecule has 0 N–H and O–H groups in total. The summed E-state index contributed by atoms with van der Waals surface area (Å²) < 4.78 is 2.28. The van der Waals surface area contributed by atoms with Gasteiger partial charge in [-0.05, 0) is 17.0 Å². The Morgan fingerprint density at radius 3 is 2.86 bits per heavy atom. The molecule has 0 aliphatic carbocycles. The molecule has 0 fully saturated rings. The highest BCUT2D eigenvalue weighted by Gasteiger charge is 2.27. The van der Waals surface area contributed by atoms with Crippen LogP contribution in [-0.2, 0) is 19.6 Å². The van der Waals surface area contributed by atoms with Gasteiger partial charge in [0.2, 0.25) is 0 Å². The molecule has 3 nitrogen and oxygen atoms in total. The summed E-state index contributed by atoms with van der Waals surface area (Å²) in [5.74, 6) is 1.17. The Morgan fingerprint density at radius 1 is 1.14 bits per heavy atom. The van der Waals surface area contributed by atoms with Crippen molar-refractivity contribution in [2.24, 2.45) is 0 Å². The molecule has 0 saturated heterocycles. The zero-order chi connectivity index (χ0) is 14.1. The van der Waals surface area contributed by atoms with E-state index < -0.39 is 0 Å². The highest BCUT2D eigenvalue weighted by Crippen LogP contribution is 2.31. The van der Waals surface area contributed by atoms with Gasteiger partial charge >= 0.3 is 0 Å². The van der Waals surface area contributed by atoms with Gasteiger partial charge in [0, 0.05) is 30.4 Å². The molecule has 4 rings (SSSR count). The maximum Gasteiger partial charge on any atom is 0.122 e. The molecule has 3 heterocycles. The van der Waals surface area contributed by atoms with Gasteiger partial charge in [-0.2, -0.15) is 0 Å². The van der Waals surface area contributed by atoms with Crippen molar-refractivity contribution in [1.29, 1.82) is 0 Å². The first-order valence-corrected chi connectivity index (χ1v) is 8.09. The van der Waals surface area contributed by atoms with Gasteiger partial charge in [0.15, 0.2) is 0 Å². The predicted molar refractivity (Wildman–Crippen MR) is 85.0 cm³/mol. The Labute approximate surface area is 128 Å². The summed E-state index contributed by atoms with van der Waals surface area (Å²) in [6, 6.07) is 15.6. The Bertz CT molecular complexity index is 703. The van der Waals surface area contributed by atoms with Crippen molar-refractivity contribution < 1.29 is 0 Å². The summed E-state index contributed by atoms with van der Waals surface area (Å²) >= 11 is 1.83. The molecule has 21 heavy (non-hydrogen) atoms. The minimum Gasteiger partial charge on any atom is -0.332 e. The topological polar surface area (TPSA) is 21.1 Å². The quantitative estimate of drug-likeness (QED) is 0.734. The molecule has 0 spiro atoms. The van der Waals surface area contributed by atoms with E-state index >= 15 is 0 Å². The van der Waals surface area contributed by atoms with Crippen LogP contribution < -0.4 is 0 Å². The first-order chi connectivity index (χ1) is 10.4. The van der Waals surface area contributed by atoms with E-state index in [2.05, 4.69) is 68.5 Å². The van der Waals surface area contributed by atoms with Crippen LogP contribution in [-0.4, -0.2) is 14.5 Å². The van der Waals surface area contributed by atoms with Gasteiger partial charge in [0.05, 0.1) is 12.6 Å².